The van der Waals surface area contributed by atoms with Gasteiger partial charge >= 0.3 is 5.97 Å². The molecule has 2 aliphatic rings. The second-order valence-corrected chi connectivity index (χ2v) is 10.5. The molecule has 5 heteroatoms. The molecule has 2 aromatic rings. The van der Waals surface area contributed by atoms with Crippen LogP contribution in [0.1, 0.15) is 99.9 Å². The highest BCUT2D eigenvalue weighted by Gasteiger charge is 2.31. The van der Waals surface area contributed by atoms with Gasteiger partial charge in [-0.1, -0.05) is 50.8 Å². The average molecular weight is 497 g/mol. The van der Waals surface area contributed by atoms with Crippen molar-refractivity contribution in [2.75, 3.05) is 0 Å². The molecule has 0 radical (unpaired) electrons. The molecule has 0 spiro atoms. The Kier molecular flexibility index (Phi) is 9.17. The summed E-state index contributed by atoms with van der Waals surface area (Å²) < 4.78 is 38.6. The normalized spacial score (nSPS) is 24.6. The molecule has 0 atom stereocenters. The van der Waals surface area contributed by atoms with E-state index in [0.717, 1.165) is 17.8 Å². The summed E-state index contributed by atoms with van der Waals surface area (Å²) in [6.07, 6.45) is 16.1. The highest BCUT2D eigenvalue weighted by molar-refractivity contribution is 5.91. The van der Waals surface area contributed by atoms with E-state index in [0.29, 0.717) is 11.5 Å². The van der Waals surface area contributed by atoms with E-state index in [1.807, 2.05) is 12.1 Å². The molecule has 3 nitrogen and oxygen atoms in total. The molecule has 4 rings (SSSR count). The first-order valence-corrected chi connectivity index (χ1v) is 13.6. The number of allylic oxidation sites excluding steroid dienone is 1. The number of hydrogen-bond acceptors (Lipinski definition) is 3. The van der Waals surface area contributed by atoms with Crippen LogP contribution < -0.4 is 9.47 Å². The molecule has 0 amide bonds. The number of rotatable bonds is 8. The van der Waals surface area contributed by atoms with Gasteiger partial charge in [0.05, 0.1) is 11.8 Å². The van der Waals surface area contributed by atoms with Crippen LogP contribution in [0.5, 0.6) is 11.5 Å². The third-order valence-corrected chi connectivity index (χ3v) is 8.19. The van der Waals surface area contributed by atoms with E-state index < -0.39 is 23.4 Å². The Morgan fingerprint density at radius 2 is 1.44 bits per heavy atom. The Balaban J connectivity index is 1.30. The Labute approximate surface area is 213 Å². The molecule has 194 valence electrons. The number of carbonyl (C=O) groups is 1. The van der Waals surface area contributed by atoms with E-state index in [9.17, 15) is 13.6 Å². The molecule has 0 N–H and O–H groups in total. The molecular weight excluding hydrogens is 458 g/mol. The van der Waals surface area contributed by atoms with Crippen molar-refractivity contribution in [2.45, 2.75) is 84.0 Å². The molecule has 36 heavy (non-hydrogen) atoms. The molecule has 0 saturated heterocycles. The van der Waals surface area contributed by atoms with E-state index in [1.165, 1.54) is 88.2 Å². The lowest BCUT2D eigenvalue weighted by molar-refractivity contribution is 0.0726. The van der Waals surface area contributed by atoms with Crippen LogP contribution in [0.4, 0.5) is 8.78 Å². The average Bonchev–Trinajstić information content (AvgIpc) is 2.92. The molecular formula is C31H38F2O3. The van der Waals surface area contributed by atoms with Gasteiger partial charge < -0.3 is 9.47 Å². The van der Waals surface area contributed by atoms with Gasteiger partial charge in [0.25, 0.3) is 0 Å². The first-order chi connectivity index (χ1) is 17.5. The van der Waals surface area contributed by atoms with Crippen LogP contribution in [-0.2, 0) is 0 Å². The van der Waals surface area contributed by atoms with E-state index in [4.69, 9.17) is 9.47 Å². The third-order valence-electron chi connectivity index (χ3n) is 8.19. The molecule has 0 bridgehead atoms. The van der Waals surface area contributed by atoms with Gasteiger partial charge in [0, 0.05) is 0 Å². The maximum atomic E-state index is 14.3. The second-order valence-electron chi connectivity index (χ2n) is 10.5. The minimum absolute atomic E-state index is 0.270. The van der Waals surface area contributed by atoms with Gasteiger partial charge in [-0.15, -0.1) is 0 Å². The lowest BCUT2D eigenvalue weighted by atomic mass is 9.68. The Bertz CT molecular complexity index is 1030. The van der Waals surface area contributed by atoms with Crippen molar-refractivity contribution in [2.24, 2.45) is 17.8 Å². The fraction of sp³-hybridized carbons (Fsp3) is 0.516. The number of halogens is 2. The molecule has 0 heterocycles. The predicted octanol–water partition coefficient (Wildman–Crippen LogP) is 8.98. The van der Waals surface area contributed by atoms with Gasteiger partial charge in [0.1, 0.15) is 0 Å². The topological polar surface area (TPSA) is 35.5 Å². The molecule has 0 aliphatic heterocycles. The van der Waals surface area contributed by atoms with E-state index in [1.54, 1.807) is 25.1 Å². The van der Waals surface area contributed by atoms with Crippen molar-refractivity contribution in [1.29, 1.82) is 0 Å². The van der Waals surface area contributed by atoms with Crippen molar-refractivity contribution in [1.82, 2.24) is 0 Å². The third kappa shape index (κ3) is 6.35. The lowest BCUT2D eigenvalue weighted by Gasteiger charge is -2.38. The van der Waals surface area contributed by atoms with Gasteiger partial charge in [0.15, 0.2) is 11.5 Å². The Morgan fingerprint density at radius 1 is 0.861 bits per heavy atom. The molecule has 2 aromatic carbocycles. The molecule has 0 unspecified atom stereocenters. The highest BCUT2D eigenvalue weighted by atomic mass is 19.2. The minimum atomic E-state index is -1.25. The zero-order chi connectivity index (χ0) is 25.5. The van der Waals surface area contributed by atoms with Crippen LogP contribution in [0, 0.1) is 29.4 Å². The van der Waals surface area contributed by atoms with Crippen LogP contribution in [0.3, 0.4) is 0 Å². The summed E-state index contributed by atoms with van der Waals surface area (Å²) in [5.74, 6) is -0.655. The summed E-state index contributed by atoms with van der Waals surface area (Å²) in [7, 11) is 0. The summed E-state index contributed by atoms with van der Waals surface area (Å²) in [5, 5.41) is 0. The van der Waals surface area contributed by atoms with Crippen LogP contribution >= 0.6 is 0 Å². The van der Waals surface area contributed by atoms with Crippen LogP contribution in [0.2, 0.25) is 0 Å². The monoisotopic (exact) mass is 496 g/mol. The lowest BCUT2D eigenvalue weighted by Crippen LogP contribution is -2.25. The second kappa shape index (κ2) is 12.5. The summed E-state index contributed by atoms with van der Waals surface area (Å²) >= 11 is 0. The highest BCUT2D eigenvalue weighted by Crippen LogP contribution is 2.44. The van der Waals surface area contributed by atoms with Crippen molar-refractivity contribution >= 4 is 5.97 Å². The van der Waals surface area contributed by atoms with E-state index in [2.05, 4.69) is 6.92 Å². The van der Waals surface area contributed by atoms with Gasteiger partial charge in [0.2, 0.25) is 11.6 Å². The summed E-state index contributed by atoms with van der Waals surface area (Å²) in [6.45, 7) is 3.99. The molecule has 2 fully saturated rings. The van der Waals surface area contributed by atoms with Gasteiger partial charge in [-0.3, -0.25) is 0 Å². The fourth-order valence-corrected chi connectivity index (χ4v) is 6.16. The van der Waals surface area contributed by atoms with E-state index >= 15 is 0 Å². The number of carbonyl (C=O) groups excluding carboxylic acids is 1. The smallest absolute Gasteiger partial charge is 0.343 e. The van der Waals surface area contributed by atoms with Crippen molar-refractivity contribution < 1.29 is 23.0 Å². The molecule has 2 saturated carbocycles. The zero-order valence-corrected chi connectivity index (χ0v) is 21.5. The minimum Gasteiger partial charge on any atom is -0.462 e. The van der Waals surface area contributed by atoms with Crippen LogP contribution in [0.25, 0.3) is 0 Å². The quantitative estimate of drug-likeness (QED) is 0.208. The summed E-state index contributed by atoms with van der Waals surface area (Å²) in [4.78, 5) is 12.6. The van der Waals surface area contributed by atoms with Crippen LogP contribution in [-0.4, -0.2) is 5.97 Å². The summed E-state index contributed by atoms with van der Waals surface area (Å²) in [5.41, 5.74) is 1.55. The number of hydrogen-bond donors (Lipinski definition) is 0. The van der Waals surface area contributed by atoms with Gasteiger partial charge in [-0.25, -0.2) is 4.79 Å². The fourth-order valence-electron chi connectivity index (χ4n) is 6.16. The van der Waals surface area contributed by atoms with Crippen molar-refractivity contribution in [3.05, 3.63) is 71.5 Å². The predicted molar refractivity (Wildman–Crippen MR) is 138 cm³/mol. The molecule has 0 aromatic heterocycles. The van der Waals surface area contributed by atoms with Crippen molar-refractivity contribution in [3.8, 4) is 11.5 Å². The number of ether oxygens (including phenoxy) is 2. The largest absolute Gasteiger partial charge is 0.462 e. The number of benzene rings is 2. The Morgan fingerprint density at radius 3 is 2.06 bits per heavy atom. The van der Waals surface area contributed by atoms with Crippen molar-refractivity contribution in [3.63, 3.8) is 0 Å². The Hall–Kier alpha value is -2.69. The first-order valence-electron chi connectivity index (χ1n) is 13.6. The molecule has 2 aliphatic carbocycles. The van der Waals surface area contributed by atoms with Gasteiger partial charge in [-0.05, 0) is 98.9 Å². The maximum absolute atomic E-state index is 14.3. The maximum Gasteiger partial charge on any atom is 0.343 e. The SMILES string of the molecule is CC=COc1ccc(OC(=O)c2ccc(C3CCC(C4CCC(CCC)CC4)CC3)cc2)c(F)c1F. The van der Waals surface area contributed by atoms with Crippen LogP contribution in [0.15, 0.2) is 48.7 Å². The summed E-state index contributed by atoms with van der Waals surface area (Å²) in [6, 6.07) is 9.81. The van der Waals surface area contributed by atoms with Gasteiger partial charge in [-0.2, -0.15) is 8.78 Å². The number of esters is 1. The van der Waals surface area contributed by atoms with E-state index in [-0.39, 0.29) is 5.75 Å². The zero-order valence-electron chi connectivity index (χ0n) is 21.5. The first kappa shape index (κ1) is 26.4. The standard InChI is InChI=1S/C31H38F2O3/c1-3-5-21-6-8-22(9-7-21)23-10-12-24(13-11-23)25-14-16-26(17-15-25)31(34)36-28-19-18-27(35-20-4-2)29(32)30(28)33/h4,14-24H,3,5-13H2,1-2H3.